The predicted molar refractivity (Wildman–Crippen MR) is 98.2 cm³/mol. The number of aromatic carboxylic acids is 1. The van der Waals surface area contributed by atoms with Gasteiger partial charge < -0.3 is 10.4 Å². The van der Waals surface area contributed by atoms with Gasteiger partial charge in [-0.15, -0.1) is 0 Å². The van der Waals surface area contributed by atoms with E-state index in [4.69, 9.17) is 11.6 Å². The molecule has 5 heteroatoms. The van der Waals surface area contributed by atoms with Crippen molar-refractivity contribution in [3.05, 3.63) is 63.9 Å². The third-order valence-corrected chi connectivity index (χ3v) is 6.97. The van der Waals surface area contributed by atoms with E-state index in [-0.39, 0.29) is 23.7 Å². The normalized spacial score (nSPS) is 31.2. The van der Waals surface area contributed by atoms with E-state index in [9.17, 15) is 14.3 Å². The van der Waals surface area contributed by atoms with Crippen molar-refractivity contribution < 1.29 is 14.3 Å². The maximum Gasteiger partial charge on any atom is 0.335 e. The molecule has 0 unspecified atom stereocenters. The smallest absolute Gasteiger partial charge is 0.335 e. The third-order valence-electron chi connectivity index (χ3n) is 6.64. The van der Waals surface area contributed by atoms with Gasteiger partial charge in [-0.3, -0.25) is 0 Å². The second-order valence-electron chi connectivity index (χ2n) is 7.80. The molecule has 0 aromatic heterocycles. The highest BCUT2D eigenvalue weighted by Gasteiger charge is 2.54. The molecule has 0 amide bonds. The summed E-state index contributed by atoms with van der Waals surface area (Å²) < 4.78 is 14.7. The van der Waals surface area contributed by atoms with Crippen molar-refractivity contribution in [1.29, 1.82) is 0 Å². The summed E-state index contributed by atoms with van der Waals surface area (Å²) in [5.41, 5.74) is 2.85. The van der Waals surface area contributed by atoms with Crippen LogP contribution < -0.4 is 5.32 Å². The molecule has 2 bridgehead atoms. The Kier molecular flexibility index (Phi) is 3.54. The molecule has 2 aromatic rings. The molecule has 3 aliphatic rings. The average molecular weight is 372 g/mol. The number of rotatable bonds is 2. The van der Waals surface area contributed by atoms with Crippen molar-refractivity contribution in [2.24, 2.45) is 17.8 Å². The fraction of sp³-hybridized carbons (Fsp3) is 0.381. The van der Waals surface area contributed by atoms with E-state index in [1.807, 2.05) is 12.1 Å². The molecule has 1 heterocycles. The fourth-order valence-electron chi connectivity index (χ4n) is 5.72. The van der Waals surface area contributed by atoms with E-state index in [1.165, 1.54) is 12.5 Å². The summed E-state index contributed by atoms with van der Waals surface area (Å²) in [6.07, 6.45) is 3.46. The number of hydrogen-bond donors (Lipinski definition) is 2. The van der Waals surface area contributed by atoms with Crippen LogP contribution in [0.15, 0.2) is 36.4 Å². The molecule has 0 saturated heterocycles. The molecule has 5 atom stereocenters. The van der Waals surface area contributed by atoms with Crippen LogP contribution >= 0.6 is 11.6 Å². The molecule has 26 heavy (non-hydrogen) atoms. The first-order valence-electron chi connectivity index (χ1n) is 9.12. The fourth-order valence-corrected chi connectivity index (χ4v) is 6.00. The Morgan fingerprint density at radius 1 is 1.19 bits per heavy atom. The van der Waals surface area contributed by atoms with Gasteiger partial charge in [0, 0.05) is 16.3 Å². The lowest BCUT2D eigenvalue weighted by Crippen LogP contribution is -2.36. The lowest BCUT2D eigenvalue weighted by Gasteiger charge is -2.43. The number of carboxylic acid groups (broad SMARTS) is 1. The van der Waals surface area contributed by atoms with Gasteiger partial charge in [-0.05, 0) is 78.8 Å². The molecule has 2 aliphatic carbocycles. The quantitative estimate of drug-likeness (QED) is 0.735. The molecule has 1 aliphatic heterocycles. The molecule has 2 fully saturated rings. The Bertz CT molecular complexity index is 895. The maximum atomic E-state index is 14.7. The summed E-state index contributed by atoms with van der Waals surface area (Å²) in [7, 11) is 0. The summed E-state index contributed by atoms with van der Waals surface area (Å²) in [5.74, 6) is 0.404. The van der Waals surface area contributed by atoms with Crippen LogP contribution in [-0.4, -0.2) is 11.1 Å². The van der Waals surface area contributed by atoms with E-state index < -0.39 is 5.97 Å². The molecule has 0 spiro atoms. The van der Waals surface area contributed by atoms with Gasteiger partial charge in [0.1, 0.15) is 5.82 Å². The van der Waals surface area contributed by atoms with Crippen molar-refractivity contribution in [2.75, 3.05) is 5.32 Å². The molecule has 3 nitrogen and oxygen atoms in total. The Morgan fingerprint density at radius 2 is 2.00 bits per heavy atom. The van der Waals surface area contributed by atoms with Crippen LogP contribution in [0.3, 0.4) is 0 Å². The number of halogens is 2. The van der Waals surface area contributed by atoms with Crippen molar-refractivity contribution in [2.45, 2.75) is 31.2 Å². The van der Waals surface area contributed by atoms with Crippen molar-refractivity contribution >= 4 is 23.3 Å². The van der Waals surface area contributed by atoms with E-state index in [0.29, 0.717) is 28.0 Å². The van der Waals surface area contributed by atoms with E-state index in [1.54, 1.807) is 18.2 Å². The lowest BCUT2D eigenvalue weighted by atomic mass is 9.68. The van der Waals surface area contributed by atoms with Crippen molar-refractivity contribution in [3.63, 3.8) is 0 Å². The molecule has 5 rings (SSSR count). The van der Waals surface area contributed by atoms with Gasteiger partial charge in [-0.25, -0.2) is 9.18 Å². The first kappa shape index (κ1) is 16.1. The first-order chi connectivity index (χ1) is 12.5. The minimum absolute atomic E-state index is 0.174. The lowest BCUT2D eigenvalue weighted by molar-refractivity contribution is 0.0696. The van der Waals surface area contributed by atoms with Crippen LogP contribution in [-0.2, 0) is 0 Å². The maximum absolute atomic E-state index is 14.7. The van der Waals surface area contributed by atoms with Crippen LogP contribution in [0.4, 0.5) is 10.1 Å². The van der Waals surface area contributed by atoms with Crippen LogP contribution in [0.5, 0.6) is 0 Å². The summed E-state index contributed by atoms with van der Waals surface area (Å²) >= 11 is 6.39. The summed E-state index contributed by atoms with van der Waals surface area (Å²) in [6, 6.07) is 9.91. The monoisotopic (exact) mass is 371 g/mol. The number of benzene rings is 2. The van der Waals surface area contributed by atoms with Crippen LogP contribution in [0, 0.1) is 23.6 Å². The highest BCUT2D eigenvalue weighted by Crippen LogP contribution is 2.64. The Balaban J connectivity index is 1.67. The highest BCUT2D eigenvalue weighted by molar-refractivity contribution is 6.31. The molecular weight excluding hydrogens is 353 g/mol. The van der Waals surface area contributed by atoms with E-state index in [0.717, 1.165) is 24.1 Å². The van der Waals surface area contributed by atoms with Gasteiger partial charge in [0.2, 0.25) is 0 Å². The highest BCUT2D eigenvalue weighted by atomic mass is 35.5. The van der Waals surface area contributed by atoms with Gasteiger partial charge >= 0.3 is 5.97 Å². The topological polar surface area (TPSA) is 49.3 Å². The molecule has 2 saturated carbocycles. The molecule has 2 N–H and O–H groups in total. The number of anilines is 1. The predicted octanol–water partition coefficient (Wildman–Crippen LogP) is 5.47. The van der Waals surface area contributed by atoms with Crippen molar-refractivity contribution in [3.8, 4) is 0 Å². The van der Waals surface area contributed by atoms with Gasteiger partial charge in [-0.2, -0.15) is 0 Å². The zero-order valence-corrected chi connectivity index (χ0v) is 14.8. The summed E-state index contributed by atoms with van der Waals surface area (Å²) in [4.78, 5) is 11.4. The second-order valence-corrected chi connectivity index (χ2v) is 8.21. The summed E-state index contributed by atoms with van der Waals surface area (Å²) in [5, 5.41) is 13.3. The standard InChI is InChI=1S/C21H19ClFNO2/c22-14-2-1-3-15(23)19(14)20-18-11-5-4-10(8-11)17(18)13-9-12(21(25)26)6-7-16(13)24-20/h1-3,6-7,9-11,17-18,20,24H,4-5,8H2,(H,25,26)/t10-,11-,17-,18-,20+/m0/s1. The Labute approximate surface area is 156 Å². The van der Waals surface area contributed by atoms with Gasteiger partial charge in [0.05, 0.1) is 11.6 Å². The van der Waals surface area contributed by atoms with Gasteiger partial charge in [0.25, 0.3) is 0 Å². The largest absolute Gasteiger partial charge is 0.478 e. The Hall–Kier alpha value is -2.07. The number of hydrogen-bond acceptors (Lipinski definition) is 2. The van der Waals surface area contributed by atoms with Crippen molar-refractivity contribution in [1.82, 2.24) is 0 Å². The average Bonchev–Trinajstić information content (AvgIpc) is 3.23. The SMILES string of the molecule is O=C(O)c1ccc2c(c1)[C@@H]1[C@H]3CC[C@@H](C3)[C@@H]1[C@H](c1c(F)cccc1Cl)N2. The molecule has 0 radical (unpaired) electrons. The van der Waals surface area contributed by atoms with E-state index in [2.05, 4.69) is 5.32 Å². The van der Waals surface area contributed by atoms with Gasteiger partial charge in [0.15, 0.2) is 0 Å². The number of nitrogens with one attached hydrogen (secondary N) is 1. The molecule has 134 valence electrons. The number of carboxylic acids is 1. The van der Waals surface area contributed by atoms with Crippen LogP contribution in [0.1, 0.15) is 52.7 Å². The van der Waals surface area contributed by atoms with Crippen LogP contribution in [0.2, 0.25) is 5.02 Å². The first-order valence-corrected chi connectivity index (χ1v) is 9.50. The number of carbonyl (C=O) groups is 1. The van der Waals surface area contributed by atoms with Gasteiger partial charge in [-0.1, -0.05) is 17.7 Å². The Morgan fingerprint density at radius 3 is 2.77 bits per heavy atom. The third kappa shape index (κ3) is 2.21. The minimum atomic E-state index is -0.910. The molecule has 2 aromatic carbocycles. The molecular formula is C21H19ClFNO2. The van der Waals surface area contributed by atoms with E-state index >= 15 is 0 Å². The zero-order valence-electron chi connectivity index (χ0n) is 14.1. The minimum Gasteiger partial charge on any atom is -0.478 e. The van der Waals surface area contributed by atoms with Crippen LogP contribution in [0.25, 0.3) is 0 Å². The number of fused-ring (bicyclic) bond motifs is 7. The second kappa shape index (κ2) is 5.71. The zero-order chi connectivity index (χ0) is 18.0. The summed E-state index contributed by atoms with van der Waals surface area (Å²) in [6.45, 7) is 0.